The van der Waals surface area contributed by atoms with E-state index < -0.39 is 5.97 Å². The molecule has 0 amide bonds. The molecule has 1 aromatic carbocycles. The van der Waals surface area contributed by atoms with Crippen LogP contribution in [0.4, 0.5) is 0 Å². The van der Waals surface area contributed by atoms with E-state index in [1.54, 1.807) is 11.9 Å². The zero-order chi connectivity index (χ0) is 14.5. The number of nitrogens with zero attached hydrogens (tertiary/aromatic N) is 2. The Bertz CT molecular complexity index is 571. The average molecular weight is 291 g/mol. The van der Waals surface area contributed by atoms with Crippen LogP contribution in [-0.4, -0.2) is 34.6 Å². The number of hydrogen-bond donors (Lipinski definition) is 2. The van der Waals surface area contributed by atoms with Gasteiger partial charge in [0.15, 0.2) is 0 Å². The normalized spacial score (nSPS) is 12.6. The Kier molecular flexibility index (Phi) is 4.84. The Balaban J connectivity index is 2.35. The lowest BCUT2D eigenvalue weighted by atomic mass is 10.1. The summed E-state index contributed by atoms with van der Waals surface area (Å²) in [6.07, 6.45) is 0. The summed E-state index contributed by atoms with van der Waals surface area (Å²) >= 11 is 1.51. The maximum absolute atomic E-state index is 11.0. The number of thiazole rings is 1. The zero-order valence-corrected chi connectivity index (χ0v) is 12.0. The molecule has 0 aliphatic heterocycles. The number of carbonyl (C=O) groups is 1. The van der Waals surface area contributed by atoms with Gasteiger partial charge in [-0.1, -0.05) is 30.3 Å². The fourth-order valence-corrected chi connectivity index (χ4v) is 3.09. The van der Waals surface area contributed by atoms with Gasteiger partial charge in [0.2, 0.25) is 0 Å². The lowest BCUT2D eigenvalue weighted by Crippen LogP contribution is -2.30. The lowest BCUT2D eigenvalue weighted by Gasteiger charge is -2.25. The first-order valence-corrected chi connectivity index (χ1v) is 7.11. The van der Waals surface area contributed by atoms with Crippen molar-refractivity contribution in [2.45, 2.75) is 12.6 Å². The lowest BCUT2D eigenvalue weighted by molar-refractivity contribution is -0.138. The SMILES string of the molecule is CN(CC(=O)O)C(c1ccccc1)c1nc(CN)cs1. The molecule has 3 N–H and O–H groups in total. The van der Waals surface area contributed by atoms with E-state index in [-0.39, 0.29) is 12.6 Å². The third-order valence-corrected chi connectivity index (χ3v) is 3.90. The van der Waals surface area contributed by atoms with Crippen molar-refractivity contribution in [3.63, 3.8) is 0 Å². The second-order valence-corrected chi connectivity index (χ2v) is 5.39. The summed E-state index contributed by atoms with van der Waals surface area (Å²) in [7, 11) is 1.79. The minimum Gasteiger partial charge on any atom is -0.480 e. The molecule has 106 valence electrons. The molecule has 0 radical (unpaired) electrons. The van der Waals surface area contributed by atoms with E-state index >= 15 is 0 Å². The molecule has 0 saturated heterocycles. The van der Waals surface area contributed by atoms with Gasteiger partial charge < -0.3 is 10.8 Å². The highest BCUT2D eigenvalue weighted by Gasteiger charge is 2.23. The molecule has 20 heavy (non-hydrogen) atoms. The molecule has 0 aliphatic rings. The molecular formula is C14H17N3O2S. The van der Waals surface area contributed by atoms with E-state index in [0.717, 1.165) is 16.3 Å². The van der Waals surface area contributed by atoms with Crippen LogP contribution in [0.1, 0.15) is 22.3 Å². The minimum absolute atomic E-state index is 0.0445. The van der Waals surface area contributed by atoms with Crippen molar-refractivity contribution < 1.29 is 9.90 Å². The molecule has 6 heteroatoms. The van der Waals surface area contributed by atoms with Gasteiger partial charge in [-0.2, -0.15) is 0 Å². The summed E-state index contributed by atoms with van der Waals surface area (Å²) < 4.78 is 0. The van der Waals surface area contributed by atoms with E-state index in [9.17, 15) is 4.79 Å². The molecule has 0 saturated carbocycles. The summed E-state index contributed by atoms with van der Waals surface area (Å²) in [5.74, 6) is -0.857. The van der Waals surface area contributed by atoms with E-state index in [0.29, 0.717) is 6.54 Å². The Labute approximate surface area is 121 Å². The number of benzene rings is 1. The Morgan fingerprint density at radius 1 is 1.45 bits per heavy atom. The first-order chi connectivity index (χ1) is 9.61. The van der Waals surface area contributed by atoms with Crippen LogP contribution < -0.4 is 5.73 Å². The van der Waals surface area contributed by atoms with Crippen LogP contribution in [0.3, 0.4) is 0 Å². The summed E-state index contributed by atoms with van der Waals surface area (Å²) in [5.41, 5.74) is 7.45. The second-order valence-electron chi connectivity index (χ2n) is 4.50. The van der Waals surface area contributed by atoms with Crippen LogP contribution in [0.2, 0.25) is 0 Å². The Morgan fingerprint density at radius 3 is 2.70 bits per heavy atom. The predicted octanol–water partition coefficient (Wildman–Crippen LogP) is 1.71. The molecule has 1 atom stereocenters. The topological polar surface area (TPSA) is 79.5 Å². The maximum atomic E-state index is 11.0. The molecule has 0 aliphatic carbocycles. The monoisotopic (exact) mass is 291 g/mol. The van der Waals surface area contributed by atoms with E-state index in [2.05, 4.69) is 4.98 Å². The zero-order valence-electron chi connectivity index (χ0n) is 11.2. The number of carboxylic acid groups (broad SMARTS) is 1. The highest BCUT2D eigenvalue weighted by atomic mass is 32.1. The van der Waals surface area contributed by atoms with Gasteiger partial charge in [0.25, 0.3) is 0 Å². The van der Waals surface area contributed by atoms with Crippen LogP contribution in [0.15, 0.2) is 35.7 Å². The minimum atomic E-state index is -0.857. The first kappa shape index (κ1) is 14.6. The summed E-state index contributed by atoms with van der Waals surface area (Å²) in [6.45, 7) is 0.345. The van der Waals surface area contributed by atoms with Crippen molar-refractivity contribution in [2.24, 2.45) is 5.73 Å². The fourth-order valence-electron chi connectivity index (χ4n) is 2.07. The van der Waals surface area contributed by atoms with Gasteiger partial charge in [-0.05, 0) is 12.6 Å². The third-order valence-electron chi connectivity index (χ3n) is 2.95. The van der Waals surface area contributed by atoms with Gasteiger partial charge in [0.1, 0.15) is 5.01 Å². The predicted molar refractivity (Wildman–Crippen MR) is 78.6 cm³/mol. The van der Waals surface area contributed by atoms with Gasteiger partial charge >= 0.3 is 5.97 Å². The van der Waals surface area contributed by atoms with E-state index in [4.69, 9.17) is 10.8 Å². The number of rotatable bonds is 6. The van der Waals surface area contributed by atoms with Crippen LogP contribution >= 0.6 is 11.3 Å². The molecule has 0 bridgehead atoms. The van der Waals surface area contributed by atoms with Gasteiger partial charge in [0.05, 0.1) is 18.3 Å². The molecular weight excluding hydrogens is 274 g/mol. The van der Waals surface area contributed by atoms with Crippen molar-refractivity contribution in [1.29, 1.82) is 0 Å². The number of aromatic nitrogens is 1. The molecule has 2 aromatic rings. The van der Waals surface area contributed by atoms with Crippen LogP contribution in [-0.2, 0) is 11.3 Å². The number of carboxylic acids is 1. The molecule has 0 spiro atoms. The standard InChI is InChI=1S/C14H17N3O2S/c1-17(8-12(18)19)13(10-5-3-2-4-6-10)14-16-11(7-15)9-20-14/h2-6,9,13H,7-8,15H2,1H3,(H,18,19). The van der Waals surface area contributed by atoms with Crippen molar-refractivity contribution in [2.75, 3.05) is 13.6 Å². The highest BCUT2D eigenvalue weighted by Crippen LogP contribution is 2.29. The van der Waals surface area contributed by atoms with E-state index in [1.807, 2.05) is 35.7 Å². The Morgan fingerprint density at radius 2 is 2.15 bits per heavy atom. The highest BCUT2D eigenvalue weighted by molar-refractivity contribution is 7.09. The number of hydrogen-bond acceptors (Lipinski definition) is 5. The molecule has 1 heterocycles. The summed E-state index contributed by atoms with van der Waals surface area (Å²) in [5, 5.41) is 11.8. The number of nitrogens with two attached hydrogens (primary N) is 1. The molecule has 2 rings (SSSR count). The van der Waals surface area contributed by atoms with Crippen LogP contribution in [0.25, 0.3) is 0 Å². The summed E-state index contributed by atoms with van der Waals surface area (Å²) in [6, 6.07) is 9.60. The van der Waals surface area contributed by atoms with Crippen molar-refractivity contribution in [3.8, 4) is 0 Å². The van der Waals surface area contributed by atoms with Gasteiger partial charge in [-0.15, -0.1) is 11.3 Å². The first-order valence-electron chi connectivity index (χ1n) is 6.23. The Hall–Kier alpha value is -1.76. The molecule has 5 nitrogen and oxygen atoms in total. The summed E-state index contributed by atoms with van der Waals surface area (Å²) in [4.78, 5) is 17.2. The van der Waals surface area contributed by atoms with Gasteiger partial charge in [-0.25, -0.2) is 4.98 Å². The third kappa shape index (κ3) is 3.41. The fraction of sp³-hybridized carbons (Fsp3) is 0.286. The smallest absolute Gasteiger partial charge is 0.317 e. The number of aliphatic carboxylic acids is 1. The van der Waals surface area contributed by atoms with Gasteiger partial charge in [0, 0.05) is 11.9 Å². The largest absolute Gasteiger partial charge is 0.480 e. The molecule has 1 unspecified atom stereocenters. The van der Waals surface area contributed by atoms with E-state index in [1.165, 1.54) is 11.3 Å². The maximum Gasteiger partial charge on any atom is 0.317 e. The number of likely N-dealkylation sites (N-methyl/N-ethyl adjacent to an activating group) is 1. The van der Waals surface area contributed by atoms with Crippen molar-refractivity contribution in [1.82, 2.24) is 9.88 Å². The van der Waals surface area contributed by atoms with Crippen LogP contribution in [0, 0.1) is 0 Å². The van der Waals surface area contributed by atoms with Crippen molar-refractivity contribution in [3.05, 3.63) is 52.0 Å². The quantitative estimate of drug-likeness (QED) is 0.847. The second kappa shape index (κ2) is 6.60. The van der Waals surface area contributed by atoms with Crippen molar-refractivity contribution >= 4 is 17.3 Å². The van der Waals surface area contributed by atoms with Crippen LogP contribution in [0.5, 0.6) is 0 Å². The van der Waals surface area contributed by atoms with Gasteiger partial charge in [-0.3, -0.25) is 9.69 Å². The average Bonchev–Trinajstić information content (AvgIpc) is 2.88. The molecule has 0 fully saturated rings. The molecule has 1 aromatic heterocycles.